The molecule has 0 amide bonds. The Labute approximate surface area is 127 Å². The molecule has 0 fully saturated rings. The highest BCUT2D eigenvalue weighted by atomic mass is 127. The van der Waals surface area contributed by atoms with Crippen LogP contribution in [0.2, 0.25) is 0 Å². The molecule has 0 saturated carbocycles. The van der Waals surface area contributed by atoms with E-state index in [0.717, 1.165) is 18.7 Å². The Bertz CT molecular complexity index is 347. The van der Waals surface area contributed by atoms with Crippen LogP contribution in [0.4, 0.5) is 5.69 Å². The normalized spacial score (nSPS) is 10.9. The van der Waals surface area contributed by atoms with E-state index in [1.807, 2.05) is 12.1 Å². The summed E-state index contributed by atoms with van der Waals surface area (Å²) < 4.78 is 0. The number of unbranched alkanes of at least 4 members (excludes halogenated alkanes) is 3. The first-order chi connectivity index (χ1) is 8.22. The summed E-state index contributed by atoms with van der Waals surface area (Å²) in [5.74, 6) is 0.505. The van der Waals surface area contributed by atoms with Gasteiger partial charge in [0, 0.05) is 12.2 Å². The highest BCUT2D eigenvalue weighted by Crippen LogP contribution is 2.07. The number of benzene rings is 1. The molecule has 0 saturated heterocycles. The molecule has 0 aliphatic carbocycles. The molecule has 18 heavy (non-hydrogen) atoms. The predicted octanol–water partition coefficient (Wildman–Crippen LogP) is 3.92. The van der Waals surface area contributed by atoms with E-state index >= 15 is 0 Å². The number of aryl methyl sites for hydroxylation is 1. The second-order valence-corrected chi connectivity index (χ2v) is 4.32. The van der Waals surface area contributed by atoms with Crippen molar-refractivity contribution in [3.05, 3.63) is 29.8 Å². The Morgan fingerprint density at radius 2 is 1.83 bits per heavy atom. The van der Waals surface area contributed by atoms with Crippen molar-refractivity contribution >= 4 is 35.6 Å². The highest BCUT2D eigenvalue weighted by molar-refractivity contribution is 14.0. The number of rotatable bonds is 6. The third-order valence-corrected chi connectivity index (χ3v) is 2.62. The number of hydrogen-bond acceptors (Lipinski definition) is 1. The third kappa shape index (κ3) is 7.53. The standard InChI is InChI=1S/C14H23N3.HI/c1-3-4-5-6-11-16-14(15)17-13-9-7-12(2)8-10-13;/h7-10H,3-6,11H2,1-2H3,(H3,15,16,17);1H. The number of guanidine groups is 1. The van der Waals surface area contributed by atoms with Crippen LogP contribution >= 0.6 is 24.0 Å². The lowest BCUT2D eigenvalue weighted by molar-refractivity contribution is 0.675. The van der Waals surface area contributed by atoms with E-state index in [1.165, 1.54) is 24.8 Å². The number of hydrogen-bond donors (Lipinski definition) is 2. The zero-order chi connectivity index (χ0) is 12.5. The van der Waals surface area contributed by atoms with E-state index in [0.29, 0.717) is 5.96 Å². The minimum absolute atomic E-state index is 0. The van der Waals surface area contributed by atoms with Gasteiger partial charge in [-0.05, 0) is 25.5 Å². The van der Waals surface area contributed by atoms with E-state index in [4.69, 9.17) is 5.73 Å². The van der Waals surface area contributed by atoms with E-state index in [-0.39, 0.29) is 24.0 Å². The Balaban J connectivity index is 0.00000289. The molecule has 0 spiro atoms. The van der Waals surface area contributed by atoms with Gasteiger partial charge < -0.3 is 11.1 Å². The van der Waals surface area contributed by atoms with Crippen molar-refractivity contribution in [2.24, 2.45) is 10.7 Å². The molecule has 1 aromatic rings. The minimum Gasteiger partial charge on any atom is -0.370 e. The first-order valence-electron chi connectivity index (χ1n) is 6.36. The van der Waals surface area contributed by atoms with Gasteiger partial charge in [0.2, 0.25) is 0 Å². The molecule has 0 aromatic heterocycles. The van der Waals surface area contributed by atoms with Crippen molar-refractivity contribution in [3.8, 4) is 0 Å². The molecule has 1 rings (SSSR count). The number of anilines is 1. The van der Waals surface area contributed by atoms with Crippen LogP contribution in [0.25, 0.3) is 0 Å². The Morgan fingerprint density at radius 3 is 2.44 bits per heavy atom. The van der Waals surface area contributed by atoms with Gasteiger partial charge in [0.25, 0.3) is 0 Å². The van der Waals surface area contributed by atoms with Crippen LogP contribution in [0.1, 0.15) is 38.2 Å². The second kappa shape index (κ2) is 10.2. The monoisotopic (exact) mass is 361 g/mol. The molecule has 0 aliphatic heterocycles. The van der Waals surface area contributed by atoms with E-state index in [9.17, 15) is 0 Å². The number of nitrogens with one attached hydrogen (secondary N) is 1. The van der Waals surface area contributed by atoms with Crippen LogP contribution in [-0.2, 0) is 0 Å². The largest absolute Gasteiger partial charge is 0.370 e. The summed E-state index contributed by atoms with van der Waals surface area (Å²) in [6, 6.07) is 8.12. The predicted molar refractivity (Wildman–Crippen MR) is 90.8 cm³/mol. The van der Waals surface area contributed by atoms with Crippen LogP contribution in [0.5, 0.6) is 0 Å². The Hall–Kier alpha value is -0.780. The molecule has 0 bridgehead atoms. The minimum atomic E-state index is 0. The average molecular weight is 361 g/mol. The molecule has 1 aromatic carbocycles. The molecule has 3 nitrogen and oxygen atoms in total. The van der Waals surface area contributed by atoms with Gasteiger partial charge in [0.15, 0.2) is 5.96 Å². The maximum absolute atomic E-state index is 5.80. The molecule has 0 unspecified atom stereocenters. The van der Waals surface area contributed by atoms with Gasteiger partial charge in [-0.3, -0.25) is 4.99 Å². The zero-order valence-electron chi connectivity index (χ0n) is 11.3. The SMILES string of the molecule is CCCCCCN=C(N)Nc1ccc(C)cc1.I. The van der Waals surface area contributed by atoms with Gasteiger partial charge in [-0.15, -0.1) is 24.0 Å². The summed E-state index contributed by atoms with van der Waals surface area (Å²) in [6.07, 6.45) is 4.88. The summed E-state index contributed by atoms with van der Waals surface area (Å²) in [4.78, 5) is 4.30. The van der Waals surface area contributed by atoms with Gasteiger partial charge in [-0.1, -0.05) is 43.9 Å². The fraction of sp³-hybridized carbons (Fsp3) is 0.500. The van der Waals surface area contributed by atoms with Gasteiger partial charge in [0.1, 0.15) is 0 Å². The highest BCUT2D eigenvalue weighted by Gasteiger charge is 1.94. The molecule has 4 heteroatoms. The molecular formula is C14H24IN3. The van der Waals surface area contributed by atoms with Crippen molar-refractivity contribution < 1.29 is 0 Å². The molecule has 0 atom stereocenters. The summed E-state index contributed by atoms with van der Waals surface area (Å²) in [7, 11) is 0. The lowest BCUT2D eigenvalue weighted by atomic mass is 10.2. The molecule has 102 valence electrons. The maximum atomic E-state index is 5.80. The van der Waals surface area contributed by atoms with Crippen LogP contribution in [0.15, 0.2) is 29.3 Å². The number of nitrogens with zero attached hydrogens (tertiary/aromatic N) is 1. The lowest BCUT2D eigenvalue weighted by Crippen LogP contribution is -2.22. The van der Waals surface area contributed by atoms with Crippen molar-refractivity contribution in [3.63, 3.8) is 0 Å². The fourth-order valence-electron chi connectivity index (χ4n) is 1.56. The Kier molecular flexibility index (Phi) is 9.73. The summed E-state index contributed by atoms with van der Waals surface area (Å²) >= 11 is 0. The molecule has 3 N–H and O–H groups in total. The van der Waals surface area contributed by atoms with Crippen molar-refractivity contribution in [1.29, 1.82) is 0 Å². The van der Waals surface area contributed by atoms with Gasteiger partial charge in [-0.25, -0.2) is 0 Å². The quantitative estimate of drug-likeness (QED) is 0.349. The summed E-state index contributed by atoms with van der Waals surface area (Å²) in [6.45, 7) is 5.08. The van der Waals surface area contributed by atoms with Crippen molar-refractivity contribution in [2.45, 2.75) is 39.5 Å². The third-order valence-electron chi connectivity index (χ3n) is 2.62. The second-order valence-electron chi connectivity index (χ2n) is 4.32. The first-order valence-corrected chi connectivity index (χ1v) is 6.36. The van der Waals surface area contributed by atoms with E-state index < -0.39 is 0 Å². The molecule has 0 heterocycles. The molecular weight excluding hydrogens is 337 g/mol. The van der Waals surface area contributed by atoms with Gasteiger partial charge >= 0.3 is 0 Å². The van der Waals surface area contributed by atoms with E-state index in [2.05, 4.69) is 36.3 Å². The lowest BCUT2D eigenvalue weighted by Gasteiger charge is -2.05. The van der Waals surface area contributed by atoms with Crippen LogP contribution in [0, 0.1) is 6.92 Å². The van der Waals surface area contributed by atoms with Gasteiger partial charge in [-0.2, -0.15) is 0 Å². The number of nitrogens with two attached hydrogens (primary N) is 1. The van der Waals surface area contributed by atoms with Crippen LogP contribution < -0.4 is 11.1 Å². The van der Waals surface area contributed by atoms with Crippen molar-refractivity contribution in [1.82, 2.24) is 0 Å². The van der Waals surface area contributed by atoms with E-state index in [1.54, 1.807) is 0 Å². The Morgan fingerprint density at radius 1 is 1.17 bits per heavy atom. The topological polar surface area (TPSA) is 50.4 Å². The zero-order valence-corrected chi connectivity index (χ0v) is 13.6. The summed E-state index contributed by atoms with van der Waals surface area (Å²) in [5.41, 5.74) is 8.03. The van der Waals surface area contributed by atoms with Gasteiger partial charge in [0.05, 0.1) is 0 Å². The smallest absolute Gasteiger partial charge is 0.193 e. The first kappa shape index (κ1) is 17.2. The number of aliphatic imine (C=N–C) groups is 1. The van der Waals surface area contributed by atoms with Crippen molar-refractivity contribution in [2.75, 3.05) is 11.9 Å². The van der Waals surface area contributed by atoms with Crippen LogP contribution in [-0.4, -0.2) is 12.5 Å². The summed E-state index contributed by atoms with van der Waals surface area (Å²) in [5, 5.41) is 3.09. The number of halogens is 1. The molecule has 0 radical (unpaired) electrons. The maximum Gasteiger partial charge on any atom is 0.193 e. The molecule has 0 aliphatic rings. The fourth-order valence-corrected chi connectivity index (χ4v) is 1.56. The van der Waals surface area contributed by atoms with Crippen LogP contribution in [0.3, 0.4) is 0 Å². The average Bonchev–Trinajstić information content (AvgIpc) is 2.32.